The van der Waals surface area contributed by atoms with Crippen molar-refractivity contribution in [3.8, 4) is 0 Å². The van der Waals surface area contributed by atoms with Gasteiger partial charge in [0.1, 0.15) is 18.4 Å². The molecule has 1 N–H and O–H groups in total. The summed E-state index contributed by atoms with van der Waals surface area (Å²) in [6, 6.07) is 10.8. The van der Waals surface area contributed by atoms with Crippen molar-refractivity contribution in [1.82, 2.24) is 10.2 Å². The van der Waals surface area contributed by atoms with E-state index in [0.717, 1.165) is 22.7 Å². The third kappa shape index (κ3) is 7.71. The minimum absolute atomic E-state index is 0.00173. The number of benzene rings is 2. The molecule has 0 heterocycles. The number of halogens is 2. The van der Waals surface area contributed by atoms with Crippen LogP contribution in [0.2, 0.25) is 5.02 Å². The lowest BCUT2D eigenvalue weighted by molar-refractivity contribution is -0.140. The minimum Gasteiger partial charge on any atom is -0.350 e. The van der Waals surface area contributed by atoms with Gasteiger partial charge in [0.15, 0.2) is 0 Å². The fourth-order valence-electron chi connectivity index (χ4n) is 3.09. The summed E-state index contributed by atoms with van der Waals surface area (Å²) in [6.45, 7) is 6.45. The number of rotatable bonds is 8. The van der Waals surface area contributed by atoms with E-state index in [4.69, 9.17) is 11.6 Å². The Balaban J connectivity index is 2.41. The molecule has 0 spiro atoms. The summed E-state index contributed by atoms with van der Waals surface area (Å²) < 4.78 is 39.1. The largest absolute Gasteiger partial charge is 0.350 e. The molecule has 10 heteroatoms. The molecule has 0 radical (unpaired) electrons. The number of hydrogen-bond acceptors (Lipinski definition) is 4. The first-order valence-corrected chi connectivity index (χ1v) is 12.5. The lowest BCUT2D eigenvalue weighted by Gasteiger charge is -2.33. The number of hydrogen-bond donors (Lipinski definition) is 1. The first kappa shape index (κ1) is 26.6. The van der Waals surface area contributed by atoms with Crippen LogP contribution in [0.4, 0.5) is 10.1 Å². The van der Waals surface area contributed by atoms with Gasteiger partial charge >= 0.3 is 0 Å². The molecule has 180 valence electrons. The molecule has 0 aromatic heterocycles. The van der Waals surface area contributed by atoms with Gasteiger partial charge in [-0.15, -0.1) is 0 Å². The average molecular weight is 498 g/mol. The fourth-order valence-corrected chi connectivity index (χ4v) is 4.13. The quantitative estimate of drug-likeness (QED) is 0.604. The van der Waals surface area contributed by atoms with Crippen molar-refractivity contribution in [3.63, 3.8) is 0 Å². The molecule has 0 aliphatic carbocycles. The van der Waals surface area contributed by atoms with Gasteiger partial charge < -0.3 is 10.2 Å². The van der Waals surface area contributed by atoms with Gasteiger partial charge in [-0.1, -0.05) is 29.8 Å². The second kappa shape index (κ2) is 10.5. The second-order valence-corrected chi connectivity index (χ2v) is 11.1. The third-order valence-electron chi connectivity index (χ3n) is 4.76. The van der Waals surface area contributed by atoms with E-state index < -0.39 is 45.8 Å². The van der Waals surface area contributed by atoms with Crippen LogP contribution in [0.5, 0.6) is 0 Å². The Morgan fingerprint density at radius 1 is 1.09 bits per heavy atom. The summed E-state index contributed by atoms with van der Waals surface area (Å²) >= 11 is 6.27. The second-order valence-electron chi connectivity index (χ2n) is 8.77. The number of anilines is 1. The van der Waals surface area contributed by atoms with E-state index in [1.165, 1.54) is 17.0 Å². The van der Waals surface area contributed by atoms with Crippen molar-refractivity contribution in [3.05, 3.63) is 64.9 Å². The SMILES string of the molecule is C[C@H](C(=O)NC(C)(C)C)N(Cc1ccccc1Cl)C(=O)CN(c1ccc(F)cc1)S(C)(=O)=O. The molecule has 2 amide bonds. The van der Waals surface area contributed by atoms with Crippen LogP contribution in [0.15, 0.2) is 48.5 Å². The van der Waals surface area contributed by atoms with Gasteiger partial charge in [0.25, 0.3) is 0 Å². The van der Waals surface area contributed by atoms with Crippen LogP contribution < -0.4 is 9.62 Å². The molecular weight excluding hydrogens is 469 g/mol. The van der Waals surface area contributed by atoms with Gasteiger partial charge in [0, 0.05) is 17.1 Å². The molecule has 0 saturated carbocycles. The van der Waals surface area contributed by atoms with Crippen LogP contribution in [0, 0.1) is 5.82 Å². The zero-order valence-electron chi connectivity index (χ0n) is 19.3. The van der Waals surface area contributed by atoms with Gasteiger partial charge in [-0.05, 0) is 63.6 Å². The fraction of sp³-hybridized carbons (Fsp3) is 0.391. The highest BCUT2D eigenvalue weighted by atomic mass is 35.5. The van der Waals surface area contributed by atoms with Crippen molar-refractivity contribution < 1.29 is 22.4 Å². The van der Waals surface area contributed by atoms with Crippen LogP contribution in [0.3, 0.4) is 0 Å². The maximum Gasteiger partial charge on any atom is 0.244 e. The summed E-state index contributed by atoms with van der Waals surface area (Å²) in [5.74, 6) is -1.54. The van der Waals surface area contributed by atoms with Crippen LogP contribution >= 0.6 is 11.6 Å². The molecule has 0 saturated heterocycles. The molecule has 0 unspecified atom stereocenters. The molecule has 7 nitrogen and oxygen atoms in total. The van der Waals surface area contributed by atoms with E-state index in [9.17, 15) is 22.4 Å². The molecule has 1 atom stereocenters. The standard InChI is InChI=1S/C23H29ClFN3O4S/c1-16(22(30)26-23(2,3)4)27(14-17-8-6-7-9-20(17)24)21(29)15-28(33(5,31)32)19-12-10-18(25)11-13-19/h6-13,16H,14-15H2,1-5H3,(H,26,30)/t16-/m1/s1. The van der Waals surface area contributed by atoms with Crippen LogP contribution in [-0.4, -0.2) is 49.5 Å². The average Bonchev–Trinajstić information content (AvgIpc) is 2.69. The zero-order valence-corrected chi connectivity index (χ0v) is 20.9. The highest BCUT2D eigenvalue weighted by Gasteiger charge is 2.31. The van der Waals surface area contributed by atoms with Crippen molar-refractivity contribution in [2.75, 3.05) is 17.1 Å². The molecule has 2 aromatic rings. The smallest absolute Gasteiger partial charge is 0.244 e. The van der Waals surface area contributed by atoms with Gasteiger partial charge in [-0.25, -0.2) is 12.8 Å². The number of nitrogens with zero attached hydrogens (tertiary/aromatic N) is 2. The Labute approximate surface area is 199 Å². The predicted molar refractivity (Wildman–Crippen MR) is 128 cm³/mol. The van der Waals surface area contributed by atoms with Crippen LogP contribution in [-0.2, 0) is 26.2 Å². The Kier molecular flexibility index (Phi) is 8.48. The number of amides is 2. The van der Waals surface area contributed by atoms with Gasteiger partial charge in [-0.3, -0.25) is 13.9 Å². The summed E-state index contributed by atoms with van der Waals surface area (Å²) in [6.07, 6.45) is 0.956. The van der Waals surface area contributed by atoms with Crippen molar-refractivity contribution in [2.45, 2.75) is 45.8 Å². The molecule has 33 heavy (non-hydrogen) atoms. The van der Waals surface area contributed by atoms with Crippen molar-refractivity contribution in [2.24, 2.45) is 0 Å². The summed E-state index contributed by atoms with van der Waals surface area (Å²) in [4.78, 5) is 27.5. The molecule has 0 fully saturated rings. The summed E-state index contributed by atoms with van der Waals surface area (Å²) in [7, 11) is -3.88. The third-order valence-corrected chi connectivity index (χ3v) is 6.27. The van der Waals surface area contributed by atoms with E-state index in [1.54, 1.807) is 31.2 Å². The Morgan fingerprint density at radius 3 is 2.18 bits per heavy atom. The first-order valence-electron chi connectivity index (χ1n) is 10.3. The highest BCUT2D eigenvalue weighted by molar-refractivity contribution is 7.92. The predicted octanol–water partition coefficient (Wildman–Crippen LogP) is 3.58. The summed E-state index contributed by atoms with van der Waals surface area (Å²) in [5, 5.41) is 3.25. The van der Waals surface area contributed by atoms with Gasteiger partial charge in [0.2, 0.25) is 21.8 Å². The van der Waals surface area contributed by atoms with Gasteiger partial charge in [0.05, 0.1) is 11.9 Å². The molecular formula is C23H29ClFN3O4S. The van der Waals surface area contributed by atoms with Crippen molar-refractivity contribution >= 4 is 39.1 Å². The molecule has 2 aromatic carbocycles. The van der Waals surface area contributed by atoms with Crippen molar-refractivity contribution in [1.29, 1.82) is 0 Å². The van der Waals surface area contributed by atoms with Crippen LogP contribution in [0.1, 0.15) is 33.3 Å². The monoisotopic (exact) mass is 497 g/mol. The summed E-state index contributed by atoms with van der Waals surface area (Å²) in [5.41, 5.74) is 0.213. The molecule has 0 aliphatic rings. The molecule has 2 rings (SSSR count). The normalized spacial score (nSPS) is 12.7. The van der Waals surface area contributed by atoms with E-state index in [0.29, 0.717) is 10.6 Å². The highest BCUT2D eigenvalue weighted by Crippen LogP contribution is 2.22. The number of nitrogens with one attached hydrogen (secondary N) is 1. The Morgan fingerprint density at radius 2 is 1.67 bits per heavy atom. The topological polar surface area (TPSA) is 86.8 Å². The number of carbonyl (C=O) groups is 2. The Hall–Kier alpha value is -2.65. The lowest BCUT2D eigenvalue weighted by Crippen LogP contribution is -2.54. The minimum atomic E-state index is -3.88. The Bertz CT molecular complexity index is 1100. The maximum absolute atomic E-state index is 13.4. The van der Waals surface area contributed by atoms with Crippen LogP contribution in [0.25, 0.3) is 0 Å². The van der Waals surface area contributed by atoms with Gasteiger partial charge in [-0.2, -0.15) is 0 Å². The number of carbonyl (C=O) groups excluding carboxylic acids is 2. The lowest BCUT2D eigenvalue weighted by atomic mass is 10.1. The van der Waals surface area contributed by atoms with E-state index in [1.807, 2.05) is 20.8 Å². The van der Waals surface area contributed by atoms with E-state index >= 15 is 0 Å². The molecule has 0 aliphatic heterocycles. The molecule has 0 bridgehead atoms. The first-order chi connectivity index (χ1) is 15.2. The number of sulfonamides is 1. The van der Waals surface area contributed by atoms with E-state index in [2.05, 4.69) is 5.32 Å². The zero-order chi connectivity index (χ0) is 25.0. The maximum atomic E-state index is 13.4. The van der Waals surface area contributed by atoms with E-state index in [-0.39, 0.29) is 12.2 Å².